The number of fused-ring (bicyclic) bond motifs is 1. The van der Waals surface area contributed by atoms with Crippen molar-refractivity contribution < 1.29 is 0 Å². The Labute approximate surface area is 124 Å². The van der Waals surface area contributed by atoms with E-state index in [1.54, 1.807) is 11.1 Å². The molecule has 20 heavy (non-hydrogen) atoms. The number of benzene rings is 1. The number of rotatable bonds is 3. The van der Waals surface area contributed by atoms with Crippen LogP contribution in [0.25, 0.3) is 0 Å². The Morgan fingerprint density at radius 1 is 1.20 bits per heavy atom. The molecule has 0 radical (unpaired) electrons. The third-order valence-electron chi connectivity index (χ3n) is 5.58. The monoisotopic (exact) mass is 271 g/mol. The summed E-state index contributed by atoms with van der Waals surface area (Å²) in [5, 5.41) is 0. The molecule has 2 aliphatic carbocycles. The van der Waals surface area contributed by atoms with Crippen molar-refractivity contribution in [1.29, 1.82) is 0 Å². The Hall–Kier alpha value is -0.820. The molecular formula is C19H29N. The summed E-state index contributed by atoms with van der Waals surface area (Å²) in [4.78, 5) is 0. The van der Waals surface area contributed by atoms with Gasteiger partial charge in [0.2, 0.25) is 0 Å². The molecule has 0 aromatic heterocycles. The topological polar surface area (TPSA) is 26.0 Å². The molecule has 0 spiro atoms. The van der Waals surface area contributed by atoms with Crippen molar-refractivity contribution >= 4 is 0 Å². The molecule has 2 N–H and O–H groups in total. The van der Waals surface area contributed by atoms with Gasteiger partial charge < -0.3 is 5.73 Å². The highest BCUT2D eigenvalue weighted by atomic mass is 14.7. The minimum Gasteiger partial charge on any atom is -0.325 e. The van der Waals surface area contributed by atoms with Crippen LogP contribution >= 0.6 is 0 Å². The fourth-order valence-electron chi connectivity index (χ4n) is 4.31. The Morgan fingerprint density at radius 2 is 2.00 bits per heavy atom. The van der Waals surface area contributed by atoms with E-state index in [0.29, 0.717) is 0 Å². The van der Waals surface area contributed by atoms with Crippen LogP contribution in [-0.2, 0) is 19.3 Å². The minimum absolute atomic E-state index is 0.0417. The summed E-state index contributed by atoms with van der Waals surface area (Å²) in [5.74, 6) is 1.60. The first-order chi connectivity index (χ1) is 9.56. The second kappa shape index (κ2) is 5.52. The third kappa shape index (κ3) is 2.93. The van der Waals surface area contributed by atoms with Crippen LogP contribution < -0.4 is 5.73 Å². The van der Waals surface area contributed by atoms with Gasteiger partial charge in [-0.15, -0.1) is 0 Å². The van der Waals surface area contributed by atoms with Gasteiger partial charge in [-0.3, -0.25) is 0 Å². The van der Waals surface area contributed by atoms with Crippen LogP contribution in [0.2, 0.25) is 0 Å². The molecular weight excluding hydrogens is 242 g/mol. The van der Waals surface area contributed by atoms with Crippen molar-refractivity contribution in [1.82, 2.24) is 0 Å². The average Bonchev–Trinajstić information content (AvgIpc) is 2.85. The van der Waals surface area contributed by atoms with Crippen molar-refractivity contribution in [3.8, 4) is 0 Å². The van der Waals surface area contributed by atoms with Gasteiger partial charge in [0.05, 0.1) is 0 Å². The average molecular weight is 271 g/mol. The van der Waals surface area contributed by atoms with Crippen LogP contribution in [0.4, 0.5) is 0 Å². The standard InChI is InChI=1S/C19H29N/c1-14(2)18-7-4-10-19(20,13-18)12-15-8-9-16-5-3-6-17(16)11-15/h8-9,11,14,18H,3-7,10,12-13,20H2,1-2H3. The molecule has 1 fully saturated rings. The van der Waals surface area contributed by atoms with Crippen molar-refractivity contribution in [3.63, 3.8) is 0 Å². The summed E-state index contributed by atoms with van der Waals surface area (Å²) in [5.41, 5.74) is 11.4. The molecule has 2 unspecified atom stereocenters. The zero-order valence-corrected chi connectivity index (χ0v) is 13.1. The first-order valence-corrected chi connectivity index (χ1v) is 8.45. The van der Waals surface area contributed by atoms with Gasteiger partial charge in [-0.05, 0) is 67.1 Å². The number of aryl methyl sites for hydroxylation is 2. The van der Waals surface area contributed by atoms with Crippen LogP contribution in [0, 0.1) is 11.8 Å². The SMILES string of the molecule is CC(C)C1CCCC(N)(Cc2ccc3c(c2)CCC3)C1. The summed E-state index contributed by atoms with van der Waals surface area (Å²) in [7, 11) is 0. The Morgan fingerprint density at radius 3 is 2.80 bits per heavy atom. The Balaban J connectivity index is 1.72. The van der Waals surface area contributed by atoms with Gasteiger partial charge in [0, 0.05) is 5.54 Å². The van der Waals surface area contributed by atoms with Crippen LogP contribution in [0.15, 0.2) is 18.2 Å². The van der Waals surface area contributed by atoms with E-state index in [1.807, 2.05) is 0 Å². The molecule has 110 valence electrons. The molecule has 2 atom stereocenters. The molecule has 3 rings (SSSR count). The first-order valence-electron chi connectivity index (χ1n) is 8.45. The molecule has 1 aromatic rings. The number of hydrogen-bond donors (Lipinski definition) is 1. The maximum atomic E-state index is 6.76. The van der Waals surface area contributed by atoms with Gasteiger partial charge in [-0.1, -0.05) is 44.9 Å². The maximum absolute atomic E-state index is 6.76. The predicted octanol–water partition coefficient (Wildman–Crippen LogP) is 4.26. The minimum atomic E-state index is 0.0417. The number of hydrogen-bond acceptors (Lipinski definition) is 1. The number of nitrogens with two attached hydrogens (primary N) is 1. The van der Waals surface area contributed by atoms with Crippen molar-refractivity contribution in [2.45, 2.75) is 70.8 Å². The van der Waals surface area contributed by atoms with Gasteiger partial charge in [0.1, 0.15) is 0 Å². The molecule has 1 aromatic carbocycles. The molecule has 0 bridgehead atoms. The third-order valence-corrected chi connectivity index (χ3v) is 5.58. The van der Waals surface area contributed by atoms with Gasteiger partial charge in [-0.2, -0.15) is 0 Å². The summed E-state index contributed by atoms with van der Waals surface area (Å²) < 4.78 is 0. The highest BCUT2D eigenvalue weighted by Gasteiger charge is 2.34. The molecule has 1 saturated carbocycles. The molecule has 1 nitrogen and oxygen atoms in total. The maximum Gasteiger partial charge on any atom is 0.0197 e. The van der Waals surface area contributed by atoms with E-state index >= 15 is 0 Å². The second-order valence-electron chi connectivity index (χ2n) is 7.60. The first kappa shape index (κ1) is 14.1. The van der Waals surface area contributed by atoms with Gasteiger partial charge in [-0.25, -0.2) is 0 Å². The van der Waals surface area contributed by atoms with E-state index in [9.17, 15) is 0 Å². The lowest BCUT2D eigenvalue weighted by molar-refractivity contribution is 0.182. The van der Waals surface area contributed by atoms with Crippen molar-refractivity contribution in [3.05, 3.63) is 34.9 Å². The molecule has 0 aliphatic heterocycles. The highest BCUT2D eigenvalue weighted by Crippen LogP contribution is 2.37. The molecule has 1 heteroatoms. The second-order valence-corrected chi connectivity index (χ2v) is 7.60. The fourth-order valence-corrected chi connectivity index (χ4v) is 4.31. The van der Waals surface area contributed by atoms with Crippen LogP contribution in [0.1, 0.15) is 62.6 Å². The molecule has 2 aliphatic rings. The van der Waals surface area contributed by atoms with E-state index in [-0.39, 0.29) is 5.54 Å². The zero-order chi connectivity index (χ0) is 14.2. The summed E-state index contributed by atoms with van der Waals surface area (Å²) in [6.07, 6.45) is 10.1. The van der Waals surface area contributed by atoms with Crippen LogP contribution in [-0.4, -0.2) is 5.54 Å². The fraction of sp³-hybridized carbons (Fsp3) is 0.684. The lowest BCUT2D eigenvalue weighted by Gasteiger charge is -2.40. The predicted molar refractivity (Wildman–Crippen MR) is 85.9 cm³/mol. The largest absolute Gasteiger partial charge is 0.325 e. The lowest BCUT2D eigenvalue weighted by atomic mass is 9.70. The van der Waals surface area contributed by atoms with E-state index < -0.39 is 0 Å². The van der Waals surface area contributed by atoms with Crippen molar-refractivity contribution in [2.24, 2.45) is 17.6 Å². The zero-order valence-electron chi connectivity index (χ0n) is 13.1. The molecule has 0 saturated heterocycles. The summed E-state index contributed by atoms with van der Waals surface area (Å²) in [6, 6.07) is 7.12. The summed E-state index contributed by atoms with van der Waals surface area (Å²) >= 11 is 0. The van der Waals surface area contributed by atoms with E-state index in [1.165, 1.54) is 50.5 Å². The highest BCUT2D eigenvalue weighted by molar-refractivity contribution is 5.36. The van der Waals surface area contributed by atoms with Gasteiger partial charge in [0.25, 0.3) is 0 Å². The van der Waals surface area contributed by atoms with Crippen molar-refractivity contribution in [2.75, 3.05) is 0 Å². The Bertz CT molecular complexity index is 477. The molecule has 0 amide bonds. The van der Waals surface area contributed by atoms with E-state index in [0.717, 1.165) is 18.3 Å². The quantitative estimate of drug-likeness (QED) is 0.873. The van der Waals surface area contributed by atoms with Crippen LogP contribution in [0.3, 0.4) is 0 Å². The van der Waals surface area contributed by atoms with Crippen LogP contribution in [0.5, 0.6) is 0 Å². The smallest absolute Gasteiger partial charge is 0.0197 e. The van der Waals surface area contributed by atoms with Gasteiger partial charge in [0.15, 0.2) is 0 Å². The lowest BCUT2D eigenvalue weighted by Crippen LogP contribution is -2.47. The van der Waals surface area contributed by atoms with E-state index in [2.05, 4.69) is 32.0 Å². The summed E-state index contributed by atoms with van der Waals surface area (Å²) in [6.45, 7) is 4.71. The molecule has 0 heterocycles. The normalized spacial score (nSPS) is 29.7. The Kier molecular flexibility index (Phi) is 3.90. The van der Waals surface area contributed by atoms with Gasteiger partial charge >= 0.3 is 0 Å². The van der Waals surface area contributed by atoms with E-state index in [4.69, 9.17) is 5.73 Å².